The second-order valence-electron chi connectivity index (χ2n) is 3.97. The van der Waals surface area contributed by atoms with E-state index in [0.29, 0.717) is 0 Å². The maximum absolute atomic E-state index is 8.78. The van der Waals surface area contributed by atoms with Crippen molar-refractivity contribution in [2.24, 2.45) is 0 Å². The fraction of sp³-hybridized carbons (Fsp3) is 0.308. The number of hydrogen-bond donors (Lipinski definition) is 0. The molecule has 1 aliphatic rings. The SMILES string of the molecule is Cc1cc(Cl)ccc1N1CC=C(C#N)CC1. The van der Waals surface area contributed by atoms with Crippen LogP contribution in [-0.4, -0.2) is 13.1 Å². The summed E-state index contributed by atoms with van der Waals surface area (Å²) in [6.07, 6.45) is 2.83. The molecule has 0 aromatic heterocycles. The van der Waals surface area contributed by atoms with Gasteiger partial charge < -0.3 is 4.90 Å². The van der Waals surface area contributed by atoms with Gasteiger partial charge in [-0.05, 0) is 37.1 Å². The normalized spacial score (nSPS) is 15.6. The number of halogens is 1. The minimum absolute atomic E-state index is 0.770. The molecule has 2 nitrogen and oxygen atoms in total. The highest BCUT2D eigenvalue weighted by Crippen LogP contribution is 2.25. The largest absolute Gasteiger partial charge is 0.367 e. The van der Waals surface area contributed by atoms with Crippen LogP contribution in [0.25, 0.3) is 0 Å². The number of benzene rings is 1. The van der Waals surface area contributed by atoms with E-state index in [1.54, 1.807) is 0 Å². The topological polar surface area (TPSA) is 27.0 Å². The Labute approximate surface area is 101 Å². The molecule has 0 aliphatic carbocycles. The first-order valence-corrected chi connectivity index (χ1v) is 5.69. The number of aryl methyl sites for hydroxylation is 1. The Morgan fingerprint density at radius 3 is 2.81 bits per heavy atom. The van der Waals surface area contributed by atoms with Crippen LogP contribution in [0, 0.1) is 18.3 Å². The molecule has 0 bridgehead atoms. The number of anilines is 1. The van der Waals surface area contributed by atoms with Crippen LogP contribution in [0.15, 0.2) is 29.8 Å². The first-order valence-electron chi connectivity index (χ1n) is 5.31. The van der Waals surface area contributed by atoms with Crippen molar-refractivity contribution in [1.29, 1.82) is 5.26 Å². The third-order valence-corrected chi connectivity index (χ3v) is 3.09. The van der Waals surface area contributed by atoms with Gasteiger partial charge in [-0.15, -0.1) is 0 Å². The van der Waals surface area contributed by atoms with Gasteiger partial charge in [-0.25, -0.2) is 0 Å². The second-order valence-corrected chi connectivity index (χ2v) is 4.40. The Morgan fingerprint density at radius 2 is 2.25 bits per heavy atom. The fourth-order valence-electron chi connectivity index (χ4n) is 1.96. The van der Waals surface area contributed by atoms with Crippen LogP contribution >= 0.6 is 11.6 Å². The monoisotopic (exact) mass is 232 g/mol. The lowest BCUT2D eigenvalue weighted by atomic mass is 10.1. The zero-order valence-electron chi connectivity index (χ0n) is 9.20. The third-order valence-electron chi connectivity index (χ3n) is 2.85. The molecule has 0 saturated heterocycles. The van der Waals surface area contributed by atoms with Crippen LogP contribution in [0.5, 0.6) is 0 Å². The molecule has 82 valence electrons. The molecule has 1 aromatic carbocycles. The molecule has 2 rings (SSSR count). The Morgan fingerprint density at radius 1 is 1.44 bits per heavy atom. The van der Waals surface area contributed by atoms with Crippen LogP contribution in [-0.2, 0) is 0 Å². The molecular formula is C13H13ClN2. The van der Waals surface area contributed by atoms with Gasteiger partial charge in [0.05, 0.1) is 6.07 Å². The van der Waals surface area contributed by atoms with Crippen LogP contribution in [0.3, 0.4) is 0 Å². The van der Waals surface area contributed by atoms with Gasteiger partial charge >= 0.3 is 0 Å². The molecule has 0 saturated carbocycles. The lowest BCUT2D eigenvalue weighted by Crippen LogP contribution is -2.28. The zero-order valence-corrected chi connectivity index (χ0v) is 9.96. The summed E-state index contributed by atoms with van der Waals surface area (Å²) in [5.74, 6) is 0. The third kappa shape index (κ3) is 2.20. The Hall–Kier alpha value is -1.46. The Balaban J connectivity index is 2.21. The molecule has 0 unspecified atom stereocenters. The van der Waals surface area contributed by atoms with Gasteiger partial charge in [-0.3, -0.25) is 0 Å². The van der Waals surface area contributed by atoms with Gasteiger partial charge in [-0.2, -0.15) is 5.26 Å². The van der Waals surface area contributed by atoms with Crippen LogP contribution < -0.4 is 4.90 Å². The number of nitriles is 1. The highest BCUT2D eigenvalue weighted by atomic mass is 35.5. The van der Waals surface area contributed by atoms with Crippen molar-refractivity contribution in [1.82, 2.24) is 0 Å². The molecule has 0 radical (unpaired) electrons. The van der Waals surface area contributed by atoms with Crippen molar-refractivity contribution in [3.8, 4) is 6.07 Å². The number of rotatable bonds is 1. The molecule has 1 aromatic rings. The molecule has 16 heavy (non-hydrogen) atoms. The van der Waals surface area contributed by atoms with E-state index in [2.05, 4.69) is 17.9 Å². The maximum Gasteiger partial charge on any atom is 0.0945 e. The average molecular weight is 233 g/mol. The first-order chi connectivity index (χ1) is 7.70. The summed E-state index contributed by atoms with van der Waals surface area (Å²) >= 11 is 5.93. The standard InChI is InChI=1S/C13H13ClN2/c1-10-8-12(14)2-3-13(10)16-6-4-11(9-15)5-7-16/h2-4,8H,5-7H2,1H3. The quantitative estimate of drug-likeness (QED) is 0.743. The predicted molar refractivity (Wildman–Crippen MR) is 66.7 cm³/mol. The van der Waals surface area contributed by atoms with Gasteiger partial charge in [0.15, 0.2) is 0 Å². The van der Waals surface area contributed by atoms with Gasteiger partial charge in [0.1, 0.15) is 0 Å². The van der Waals surface area contributed by atoms with Crippen molar-refractivity contribution in [2.45, 2.75) is 13.3 Å². The van der Waals surface area contributed by atoms with Crippen molar-refractivity contribution in [2.75, 3.05) is 18.0 Å². The van der Waals surface area contributed by atoms with E-state index >= 15 is 0 Å². The Kier molecular flexibility index (Phi) is 3.17. The molecule has 1 aliphatic heterocycles. The van der Waals surface area contributed by atoms with Crippen LogP contribution in [0.4, 0.5) is 5.69 Å². The highest BCUT2D eigenvalue weighted by molar-refractivity contribution is 6.30. The molecule has 0 N–H and O–H groups in total. The molecule has 0 atom stereocenters. The molecule has 0 fully saturated rings. The smallest absolute Gasteiger partial charge is 0.0945 e. The minimum atomic E-state index is 0.770. The van der Waals surface area contributed by atoms with E-state index in [1.807, 2.05) is 24.3 Å². The van der Waals surface area contributed by atoms with E-state index in [4.69, 9.17) is 16.9 Å². The van der Waals surface area contributed by atoms with Gasteiger partial charge in [0.2, 0.25) is 0 Å². The van der Waals surface area contributed by atoms with E-state index in [9.17, 15) is 0 Å². The molecule has 0 spiro atoms. The summed E-state index contributed by atoms with van der Waals surface area (Å²) in [6.45, 7) is 3.78. The molecule has 1 heterocycles. The average Bonchev–Trinajstić information content (AvgIpc) is 2.29. The summed E-state index contributed by atoms with van der Waals surface area (Å²) in [5.41, 5.74) is 3.28. The zero-order chi connectivity index (χ0) is 11.5. The van der Waals surface area contributed by atoms with E-state index in [1.165, 1.54) is 11.3 Å². The van der Waals surface area contributed by atoms with Gasteiger partial charge in [-0.1, -0.05) is 17.7 Å². The second kappa shape index (κ2) is 4.59. The van der Waals surface area contributed by atoms with E-state index in [-0.39, 0.29) is 0 Å². The van der Waals surface area contributed by atoms with Gasteiger partial charge in [0.25, 0.3) is 0 Å². The maximum atomic E-state index is 8.78. The minimum Gasteiger partial charge on any atom is -0.367 e. The van der Waals surface area contributed by atoms with Crippen molar-refractivity contribution in [3.63, 3.8) is 0 Å². The van der Waals surface area contributed by atoms with Crippen LogP contribution in [0.2, 0.25) is 5.02 Å². The Bertz CT molecular complexity index is 471. The lowest BCUT2D eigenvalue weighted by Gasteiger charge is -2.28. The van der Waals surface area contributed by atoms with Gasteiger partial charge in [0, 0.05) is 29.4 Å². The molecule has 0 amide bonds. The molecule has 3 heteroatoms. The predicted octanol–water partition coefficient (Wildman–Crippen LogP) is 3.31. The van der Waals surface area contributed by atoms with E-state index < -0.39 is 0 Å². The lowest BCUT2D eigenvalue weighted by molar-refractivity contribution is 0.799. The summed E-state index contributed by atoms with van der Waals surface area (Å²) in [4.78, 5) is 2.27. The number of hydrogen-bond acceptors (Lipinski definition) is 2. The fourth-order valence-corrected chi connectivity index (χ4v) is 2.19. The van der Waals surface area contributed by atoms with Crippen molar-refractivity contribution >= 4 is 17.3 Å². The van der Waals surface area contributed by atoms with E-state index in [0.717, 1.165) is 30.1 Å². The summed E-state index contributed by atoms with van der Waals surface area (Å²) in [6, 6.07) is 8.14. The van der Waals surface area contributed by atoms with Crippen molar-refractivity contribution < 1.29 is 0 Å². The highest BCUT2D eigenvalue weighted by Gasteiger charge is 2.13. The summed E-state index contributed by atoms with van der Waals surface area (Å²) in [5, 5.41) is 9.55. The van der Waals surface area contributed by atoms with Crippen molar-refractivity contribution in [3.05, 3.63) is 40.4 Å². The molecular weight excluding hydrogens is 220 g/mol. The van der Waals surface area contributed by atoms with Crippen LogP contribution in [0.1, 0.15) is 12.0 Å². The number of nitrogens with zero attached hydrogens (tertiary/aromatic N) is 2. The first kappa shape index (κ1) is 11.0. The summed E-state index contributed by atoms with van der Waals surface area (Å²) in [7, 11) is 0. The summed E-state index contributed by atoms with van der Waals surface area (Å²) < 4.78 is 0.